The van der Waals surface area contributed by atoms with E-state index in [2.05, 4.69) is 55.7 Å². The van der Waals surface area contributed by atoms with E-state index in [4.69, 9.17) is 4.99 Å². The summed E-state index contributed by atoms with van der Waals surface area (Å²) in [6.45, 7) is 9.95. The van der Waals surface area contributed by atoms with Crippen LogP contribution in [0.3, 0.4) is 0 Å². The number of nitrogens with zero attached hydrogens (tertiary/aromatic N) is 2. The number of nitrogens with one attached hydrogen (secondary N) is 2. The Labute approximate surface area is 164 Å². The number of rotatable bonds is 7. The van der Waals surface area contributed by atoms with Crippen LogP contribution in [-0.4, -0.2) is 57.7 Å². The van der Waals surface area contributed by atoms with Crippen LogP contribution in [0.15, 0.2) is 29.3 Å². The quantitative estimate of drug-likeness (QED) is 0.550. The van der Waals surface area contributed by atoms with Gasteiger partial charge in [-0.05, 0) is 38.2 Å². The molecule has 1 heterocycles. The van der Waals surface area contributed by atoms with Gasteiger partial charge in [0.25, 0.3) is 0 Å². The molecule has 0 spiro atoms. The Bertz CT molecular complexity index is 708. The molecule has 1 aliphatic rings. The predicted octanol–water partition coefficient (Wildman–Crippen LogP) is 2.33. The molecule has 0 radical (unpaired) electrons. The van der Waals surface area contributed by atoms with Gasteiger partial charge in [0.05, 0.1) is 6.26 Å². The zero-order chi connectivity index (χ0) is 19.9. The van der Waals surface area contributed by atoms with E-state index >= 15 is 0 Å². The maximum absolute atomic E-state index is 11.6. The SMILES string of the molecule is CCNC(=NCC(C)c1ccc(C)cc1)NCC1CCN(S(C)(=O)=O)CC1. The van der Waals surface area contributed by atoms with Gasteiger partial charge in [0.1, 0.15) is 0 Å². The van der Waals surface area contributed by atoms with Crippen molar-refractivity contribution in [1.82, 2.24) is 14.9 Å². The van der Waals surface area contributed by atoms with E-state index < -0.39 is 10.0 Å². The van der Waals surface area contributed by atoms with Gasteiger partial charge in [-0.25, -0.2) is 12.7 Å². The molecule has 0 aliphatic carbocycles. The lowest BCUT2D eigenvalue weighted by molar-refractivity contribution is 0.275. The second-order valence-corrected chi connectivity index (χ2v) is 9.50. The van der Waals surface area contributed by atoms with Crippen LogP contribution in [0.25, 0.3) is 0 Å². The fourth-order valence-electron chi connectivity index (χ4n) is 3.26. The van der Waals surface area contributed by atoms with E-state index in [-0.39, 0.29) is 0 Å². The summed E-state index contributed by atoms with van der Waals surface area (Å²) in [5.74, 6) is 1.67. The number of sulfonamides is 1. The molecule has 1 fully saturated rings. The zero-order valence-electron chi connectivity index (χ0n) is 17.0. The third kappa shape index (κ3) is 7.14. The van der Waals surface area contributed by atoms with Crippen LogP contribution in [0.2, 0.25) is 0 Å². The molecule has 6 nitrogen and oxygen atoms in total. The Balaban J connectivity index is 1.84. The molecule has 1 unspecified atom stereocenters. The number of benzene rings is 1. The molecule has 2 N–H and O–H groups in total. The van der Waals surface area contributed by atoms with Crippen molar-refractivity contribution in [2.75, 3.05) is 39.0 Å². The number of guanidine groups is 1. The molecule has 0 saturated carbocycles. The Morgan fingerprint density at radius 3 is 2.41 bits per heavy atom. The molecule has 1 saturated heterocycles. The van der Waals surface area contributed by atoms with Crippen LogP contribution in [-0.2, 0) is 10.0 Å². The minimum absolute atomic E-state index is 0.360. The Kier molecular flexibility index (Phi) is 8.10. The van der Waals surface area contributed by atoms with Gasteiger partial charge < -0.3 is 10.6 Å². The molecule has 27 heavy (non-hydrogen) atoms. The molecular weight excluding hydrogens is 360 g/mol. The smallest absolute Gasteiger partial charge is 0.211 e. The normalized spacial score (nSPS) is 18.3. The van der Waals surface area contributed by atoms with Gasteiger partial charge in [-0.15, -0.1) is 0 Å². The summed E-state index contributed by atoms with van der Waals surface area (Å²) in [7, 11) is -3.06. The number of hydrogen-bond acceptors (Lipinski definition) is 3. The van der Waals surface area contributed by atoms with Crippen molar-refractivity contribution in [3.05, 3.63) is 35.4 Å². The number of hydrogen-bond donors (Lipinski definition) is 2. The van der Waals surface area contributed by atoms with Crippen LogP contribution in [0.5, 0.6) is 0 Å². The largest absolute Gasteiger partial charge is 0.357 e. The molecule has 7 heteroatoms. The molecule has 152 valence electrons. The third-order valence-electron chi connectivity index (χ3n) is 5.11. The molecule has 2 rings (SSSR count). The standard InChI is InChI=1S/C20H34N4O2S/c1-5-21-20(22-14-17(3)19-8-6-16(2)7-9-19)23-15-18-10-12-24(13-11-18)27(4,25)26/h6-9,17-18H,5,10-15H2,1-4H3,(H2,21,22,23). The fourth-order valence-corrected chi connectivity index (χ4v) is 4.13. The molecule has 1 atom stereocenters. The minimum Gasteiger partial charge on any atom is -0.357 e. The molecular formula is C20H34N4O2S. The Hall–Kier alpha value is -1.60. The lowest BCUT2D eigenvalue weighted by Crippen LogP contribution is -2.44. The van der Waals surface area contributed by atoms with Gasteiger partial charge >= 0.3 is 0 Å². The summed E-state index contributed by atoms with van der Waals surface area (Å²) in [5.41, 5.74) is 2.57. The second kappa shape index (κ2) is 10.1. The van der Waals surface area contributed by atoms with Gasteiger partial charge in [0.15, 0.2) is 5.96 Å². The first-order chi connectivity index (χ1) is 12.8. The van der Waals surface area contributed by atoms with Crippen LogP contribution >= 0.6 is 0 Å². The minimum atomic E-state index is -3.06. The third-order valence-corrected chi connectivity index (χ3v) is 6.42. The molecule has 1 aromatic rings. The molecule has 0 amide bonds. The zero-order valence-corrected chi connectivity index (χ0v) is 17.8. The van der Waals surface area contributed by atoms with Gasteiger partial charge in [0.2, 0.25) is 10.0 Å². The van der Waals surface area contributed by atoms with Gasteiger partial charge in [-0.2, -0.15) is 0 Å². The highest BCUT2D eigenvalue weighted by Gasteiger charge is 2.24. The summed E-state index contributed by atoms with van der Waals surface area (Å²) in [4.78, 5) is 4.74. The van der Waals surface area contributed by atoms with Crippen LogP contribution < -0.4 is 10.6 Å². The first kappa shape index (κ1) is 21.7. The fraction of sp³-hybridized carbons (Fsp3) is 0.650. The highest BCUT2D eigenvalue weighted by atomic mass is 32.2. The monoisotopic (exact) mass is 394 g/mol. The van der Waals surface area contributed by atoms with Crippen LogP contribution in [0.1, 0.15) is 43.7 Å². The van der Waals surface area contributed by atoms with E-state index in [1.807, 2.05) is 0 Å². The summed E-state index contributed by atoms with van der Waals surface area (Å²) in [5, 5.41) is 6.73. The van der Waals surface area contributed by atoms with Gasteiger partial charge in [-0.3, -0.25) is 4.99 Å². The lowest BCUT2D eigenvalue weighted by atomic mass is 9.98. The number of aliphatic imine (C=N–C) groups is 1. The second-order valence-electron chi connectivity index (χ2n) is 7.52. The highest BCUT2D eigenvalue weighted by molar-refractivity contribution is 7.88. The lowest BCUT2D eigenvalue weighted by Gasteiger charge is -2.30. The van der Waals surface area contributed by atoms with Crippen molar-refractivity contribution in [2.24, 2.45) is 10.9 Å². The van der Waals surface area contributed by atoms with Crippen molar-refractivity contribution in [2.45, 2.75) is 39.5 Å². The molecule has 1 aromatic carbocycles. The average molecular weight is 395 g/mol. The summed E-state index contributed by atoms with van der Waals surface area (Å²) in [6.07, 6.45) is 3.06. The van der Waals surface area contributed by atoms with E-state index in [1.54, 1.807) is 4.31 Å². The molecule has 0 aromatic heterocycles. The Morgan fingerprint density at radius 2 is 1.85 bits per heavy atom. The van der Waals surface area contributed by atoms with E-state index in [0.717, 1.165) is 38.4 Å². The van der Waals surface area contributed by atoms with Crippen LogP contribution in [0.4, 0.5) is 0 Å². The maximum Gasteiger partial charge on any atom is 0.211 e. The van der Waals surface area contributed by atoms with E-state index in [0.29, 0.717) is 24.9 Å². The predicted molar refractivity (Wildman–Crippen MR) is 113 cm³/mol. The van der Waals surface area contributed by atoms with Crippen molar-refractivity contribution < 1.29 is 8.42 Å². The first-order valence-corrected chi connectivity index (χ1v) is 11.7. The topological polar surface area (TPSA) is 73.8 Å². The van der Waals surface area contributed by atoms with E-state index in [9.17, 15) is 8.42 Å². The van der Waals surface area contributed by atoms with Gasteiger partial charge in [0, 0.05) is 38.6 Å². The number of aryl methyl sites for hydroxylation is 1. The molecule has 0 bridgehead atoms. The average Bonchev–Trinajstić information content (AvgIpc) is 2.64. The van der Waals surface area contributed by atoms with Crippen molar-refractivity contribution in [3.63, 3.8) is 0 Å². The first-order valence-electron chi connectivity index (χ1n) is 9.83. The summed E-state index contributed by atoms with van der Waals surface area (Å²) >= 11 is 0. The Morgan fingerprint density at radius 1 is 1.22 bits per heavy atom. The van der Waals surface area contributed by atoms with Crippen molar-refractivity contribution >= 4 is 16.0 Å². The van der Waals surface area contributed by atoms with Crippen molar-refractivity contribution in [1.29, 1.82) is 0 Å². The number of piperidine rings is 1. The van der Waals surface area contributed by atoms with E-state index in [1.165, 1.54) is 17.4 Å². The van der Waals surface area contributed by atoms with Crippen LogP contribution in [0, 0.1) is 12.8 Å². The maximum atomic E-state index is 11.6. The summed E-state index contributed by atoms with van der Waals surface area (Å²) < 4.78 is 24.8. The van der Waals surface area contributed by atoms with Gasteiger partial charge in [-0.1, -0.05) is 36.8 Å². The summed E-state index contributed by atoms with van der Waals surface area (Å²) in [6, 6.07) is 8.63. The van der Waals surface area contributed by atoms with Crippen molar-refractivity contribution in [3.8, 4) is 0 Å². The molecule has 1 aliphatic heterocycles. The highest BCUT2D eigenvalue weighted by Crippen LogP contribution is 2.18.